The van der Waals surface area contributed by atoms with Gasteiger partial charge in [-0.25, -0.2) is 4.98 Å². The summed E-state index contributed by atoms with van der Waals surface area (Å²) in [5, 5.41) is 3.45. The molecule has 0 saturated carbocycles. The third-order valence-electron chi connectivity index (χ3n) is 4.93. The Morgan fingerprint density at radius 1 is 1.04 bits per heavy atom. The van der Waals surface area contributed by atoms with Crippen molar-refractivity contribution in [3.05, 3.63) is 78.5 Å². The zero-order valence-corrected chi connectivity index (χ0v) is 15.0. The number of nitrogens with zero attached hydrogens (tertiary/aromatic N) is 4. The number of aromatic nitrogens is 3. The molecule has 5 nitrogen and oxygen atoms in total. The Morgan fingerprint density at radius 3 is 2.88 bits per heavy atom. The summed E-state index contributed by atoms with van der Waals surface area (Å²) in [6, 6.07) is 14.6. The van der Waals surface area contributed by atoms with Gasteiger partial charge in [-0.1, -0.05) is 12.1 Å². The van der Waals surface area contributed by atoms with Crippen molar-refractivity contribution in [2.45, 2.75) is 26.1 Å². The predicted molar refractivity (Wildman–Crippen MR) is 104 cm³/mol. The Labute approximate surface area is 154 Å². The summed E-state index contributed by atoms with van der Waals surface area (Å²) >= 11 is 0. The van der Waals surface area contributed by atoms with E-state index in [-0.39, 0.29) is 0 Å². The number of nitrogens with one attached hydrogen (secondary N) is 1. The van der Waals surface area contributed by atoms with E-state index in [0.717, 1.165) is 45.0 Å². The molecule has 134 valence electrons. The van der Waals surface area contributed by atoms with E-state index >= 15 is 0 Å². The molecule has 0 aliphatic carbocycles. The predicted octanol–water partition coefficient (Wildman–Crippen LogP) is 3.41. The standard InChI is InChI=1S/C21H25N5/c1-2-10-23-21(7-1)24-11-8-19-15-25(14-18-5-3-9-22-13-18)17-20-6-4-12-26(20)16-19/h1-7,9-10,12-13,19H,8,11,14-17H2,(H,23,24)/t19-/m1/s1. The van der Waals surface area contributed by atoms with Crippen LogP contribution in [0.5, 0.6) is 0 Å². The van der Waals surface area contributed by atoms with Gasteiger partial charge in [-0.05, 0) is 48.2 Å². The first-order valence-electron chi connectivity index (χ1n) is 9.27. The van der Waals surface area contributed by atoms with Crippen molar-refractivity contribution in [1.29, 1.82) is 0 Å². The summed E-state index contributed by atoms with van der Waals surface area (Å²) in [5.74, 6) is 1.56. The van der Waals surface area contributed by atoms with Crippen LogP contribution < -0.4 is 5.32 Å². The highest BCUT2D eigenvalue weighted by atomic mass is 15.2. The van der Waals surface area contributed by atoms with Crippen LogP contribution in [0.1, 0.15) is 17.7 Å². The van der Waals surface area contributed by atoms with E-state index in [9.17, 15) is 0 Å². The fraction of sp³-hybridized carbons (Fsp3) is 0.333. The van der Waals surface area contributed by atoms with Crippen LogP contribution in [-0.2, 0) is 19.6 Å². The second-order valence-electron chi connectivity index (χ2n) is 6.98. The van der Waals surface area contributed by atoms with Crippen LogP contribution in [0.3, 0.4) is 0 Å². The number of rotatable bonds is 6. The molecule has 0 amide bonds. The lowest BCUT2D eigenvalue weighted by Gasteiger charge is -2.24. The first kappa shape index (κ1) is 16.8. The Hall–Kier alpha value is -2.66. The summed E-state index contributed by atoms with van der Waals surface area (Å²) < 4.78 is 2.41. The second-order valence-corrected chi connectivity index (χ2v) is 6.98. The van der Waals surface area contributed by atoms with E-state index in [4.69, 9.17) is 0 Å². The topological polar surface area (TPSA) is 46.0 Å². The molecule has 3 aromatic heterocycles. The average Bonchev–Trinajstić information content (AvgIpc) is 3.03. The largest absolute Gasteiger partial charge is 0.370 e. The minimum atomic E-state index is 0.608. The molecule has 0 aromatic carbocycles. The molecule has 0 saturated heterocycles. The maximum atomic E-state index is 4.34. The average molecular weight is 347 g/mol. The van der Waals surface area contributed by atoms with Gasteiger partial charge in [0.25, 0.3) is 0 Å². The molecule has 4 heterocycles. The molecule has 4 rings (SSSR count). The fourth-order valence-corrected chi connectivity index (χ4v) is 3.69. The van der Waals surface area contributed by atoms with Gasteiger partial charge in [-0.3, -0.25) is 9.88 Å². The van der Waals surface area contributed by atoms with Gasteiger partial charge in [0, 0.05) is 63.2 Å². The number of pyridine rings is 2. The van der Waals surface area contributed by atoms with Crippen molar-refractivity contribution in [2.24, 2.45) is 5.92 Å². The molecule has 1 N–H and O–H groups in total. The lowest BCUT2D eigenvalue weighted by atomic mass is 10.0. The summed E-state index contributed by atoms with van der Waals surface area (Å²) in [5.41, 5.74) is 2.67. The Morgan fingerprint density at radius 2 is 2.04 bits per heavy atom. The molecule has 5 heteroatoms. The highest BCUT2D eigenvalue weighted by Crippen LogP contribution is 2.21. The maximum absolute atomic E-state index is 4.34. The lowest BCUT2D eigenvalue weighted by molar-refractivity contribution is 0.217. The highest BCUT2D eigenvalue weighted by molar-refractivity contribution is 5.32. The van der Waals surface area contributed by atoms with E-state index in [1.807, 2.05) is 42.9 Å². The number of hydrogen-bond donors (Lipinski definition) is 1. The minimum Gasteiger partial charge on any atom is -0.370 e. The van der Waals surface area contributed by atoms with Crippen LogP contribution in [-0.4, -0.2) is 32.5 Å². The second kappa shape index (κ2) is 8.15. The number of hydrogen-bond acceptors (Lipinski definition) is 4. The normalized spacial score (nSPS) is 17.5. The molecule has 0 fully saturated rings. The van der Waals surface area contributed by atoms with Crippen LogP contribution in [0.2, 0.25) is 0 Å². The fourth-order valence-electron chi connectivity index (χ4n) is 3.69. The Balaban J connectivity index is 1.40. The zero-order chi connectivity index (χ0) is 17.6. The smallest absolute Gasteiger partial charge is 0.125 e. The Bertz CT molecular complexity index is 800. The van der Waals surface area contributed by atoms with Crippen molar-refractivity contribution in [3.63, 3.8) is 0 Å². The molecule has 1 aliphatic heterocycles. The van der Waals surface area contributed by atoms with Crippen molar-refractivity contribution in [2.75, 3.05) is 18.4 Å². The van der Waals surface area contributed by atoms with Gasteiger partial charge in [0.2, 0.25) is 0 Å². The van der Waals surface area contributed by atoms with Gasteiger partial charge in [0.05, 0.1) is 0 Å². The molecule has 1 atom stereocenters. The SMILES string of the molecule is c1ccc(NCC[C@@H]2CN(Cc3cccnc3)Cc3cccn3C2)nc1. The molecule has 1 aliphatic rings. The molecule has 0 unspecified atom stereocenters. The quantitative estimate of drug-likeness (QED) is 0.742. The first-order chi connectivity index (χ1) is 12.9. The van der Waals surface area contributed by atoms with Gasteiger partial charge in [0.1, 0.15) is 5.82 Å². The molecule has 0 spiro atoms. The summed E-state index contributed by atoms with van der Waals surface area (Å²) in [4.78, 5) is 11.1. The molecule has 0 radical (unpaired) electrons. The zero-order valence-electron chi connectivity index (χ0n) is 15.0. The molecular weight excluding hydrogens is 322 g/mol. The minimum absolute atomic E-state index is 0.608. The van der Waals surface area contributed by atoms with Crippen LogP contribution in [0.25, 0.3) is 0 Å². The van der Waals surface area contributed by atoms with Gasteiger partial charge in [-0.15, -0.1) is 0 Å². The third kappa shape index (κ3) is 4.29. The first-order valence-corrected chi connectivity index (χ1v) is 9.27. The van der Waals surface area contributed by atoms with Crippen LogP contribution in [0, 0.1) is 5.92 Å². The molecule has 0 bridgehead atoms. The van der Waals surface area contributed by atoms with Gasteiger partial charge >= 0.3 is 0 Å². The lowest BCUT2D eigenvalue weighted by Crippen LogP contribution is -2.28. The summed E-state index contributed by atoms with van der Waals surface area (Å²) in [6.45, 7) is 5.06. The molecular formula is C21H25N5. The van der Waals surface area contributed by atoms with Crippen molar-refractivity contribution in [3.8, 4) is 0 Å². The highest BCUT2D eigenvalue weighted by Gasteiger charge is 2.21. The summed E-state index contributed by atoms with van der Waals surface area (Å²) in [6.07, 6.45) is 8.97. The van der Waals surface area contributed by atoms with E-state index < -0.39 is 0 Å². The maximum Gasteiger partial charge on any atom is 0.125 e. The summed E-state index contributed by atoms with van der Waals surface area (Å²) in [7, 11) is 0. The van der Waals surface area contributed by atoms with E-state index in [1.165, 1.54) is 11.3 Å². The van der Waals surface area contributed by atoms with Crippen molar-refractivity contribution < 1.29 is 0 Å². The van der Waals surface area contributed by atoms with E-state index in [0.29, 0.717) is 5.92 Å². The van der Waals surface area contributed by atoms with Crippen LogP contribution >= 0.6 is 0 Å². The van der Waals surface area contributed by atoms with Crippen LogP contribution in [0.15, 0.2) is 67.3 Å². The Kier molecular flexibility index (Phi) is 5.26. The number of fused-ring (bicyclic) bond motifs is 1. The van der Waals surface area contributed by atoms with Gasteiger partial charge in [-0.2, -0.15) is 0 Å². The van der Waals surface area contributed by atoms with E-state index in [2.05, 4.69) is 49.1 Å². The van der Waals surface area contributed by atoms with Crippen LogP contribution in [0.4, 0.5) is 5.82 Å². The number of anilines is 1. The van der Waals surface area contributed by atoms with Crippen molar-refractivity contribution >= 4 is 5.82 Å². The third-order valence-corrected chi connectivity index (χ3v) is 4.93. The van der Waals surface area contributed by atoms with Crippen molar-refractivity contribution in [1.82, 2.24) is 19.4 Å². The molecule has 26 heavy (non-hydrogen) atoms. The monoisotopic (exact) mass is 347 g/mol. The van der Waals surface area contributed by atoms with Gasteiger partial charge < -0.3 is 9.88 Å². The van der Waals surface area contributed by atoms with Gasteiger partial charge in [0.15, 0.2) is 0 Å². The molecule has 3 aromatic rings. The van der Waals surface area contributed by atoms with E-state index in [1.54, 1.807) is 0 Å².